The first-order chi connectivity index (χ1) is 10.6. The average molecular weight is 317 g/mol. The van der Waals surface area contributed by atoms with Crippen molar-refractivity contribution in [1.82, 2.24) is 15.1 Å². The third kappa shape index (κ3) is 3.32. The minimum absolute atomic E-state index is 0.151. The number of thioether (sulfide) groups is 1. The quantitative estimate of drug-likeness (QED) is 0.811. The summed E-state index contributed by atoms with van der Waals surface area (Å²) < 4.78 is 5.66. The van der Waals surface area contributed by atoms with E-state index in [-0.39, 0.29) is 11.2 Å². The van der Waals surface area contributed by atoms with E-state index in [0.29, 0.717) is 11.1 Å². The van der Waals surface area contributed by atoms with Crippen molar-refractivity contribution >= 4 is 17.7 Å². The number of rotatable bonds is 4. The molecule has 1 atom stereocenters. The zero-order valence-electron chi connectivity index (χ0n) is 12.8. The standard InChI is InChI=1S/C16H19N3O2S/c1-11-5-7-13(8-6-11)14-17-18-16(21-14)22-12(2)15(20)19-9-3-4-10-19/h5-8,12H,3-4,9-10H2,1-2H3/t12-/m0/s1. The lowest BCUT2D eigenvalue weighted by Crippen LogP contribution is -2.34. The minimum Gasteiger partial charge on any atom is -0.411 e. The van der Waals surface area contributed by atoms with Crippen molar-refractivity contribution in [3.05, 3.63) is 29.8 Å². The number of amides is 1. The number of nitrogens with zero attached hydrogens (tertiary/aromatic N) is 3. The summed E-state index contributed by atoms with van der Waals surface area (Å²) in [4.78, 5) is 14.2. The Bertz CT molecular complexity index is 648. The molecule has 1 amide bonds. The highest BCUT2D eigenvalue weighted by Crippen LogP contribution is 2.27. The predicted molar refractivity (Wildman–Crippen MR) is 85.6 cm³/mol. The normalized spacial score (nSPS) is 16.0. The first-order valence-corrected chi connectivity index (χ1v) is 8.37. The summed E-state index contributed by atoms with van der Waals surface area (Å²) in [6.45, 7) is 5.65. The van der Waals surface area contributed by atoms with Crippen LogP contribution in [0.2, 0.25) is 0 Å². The Labute approximate surface area is 134 Å². The van der Waals surface area contributed by atoms with Gasteiger partial charge in [0.05, 0.1) is 5.25 Å². The van der Waals surface area contributed by atoms with Gasteiger partial charge in [-0.3, -0.25) is 4.79 Å². The van der Waals surface area contributed by atoms with Crippen molar-refractivity contribution in [2.24, 2.45) is 0 Å². The highest BCUT2D eigenvalue weighted by molar-refractivity contribution is 8.00. The molecular weight excluding hydrogens is 298 g/mol. The Morgan fingerprint density at radius 2 is 1.91 bits per heavy atom. The smallest absolute Gasteiger partial charge is 0.277 e. The predicted octanol–water partition coefficient (Wildman–Crippen LogP) is 3.15. The molecule has 0 saturated carbocycles. The molecule has 2 heterocycles. The number of likely N-dealkylation sites (tertiary alicyclic amines) is 1. The molecule has 0 spiro atoms. The third-order valence-corrected chi connectivity index (χ3v) is 4.67. The van der Waals surface area contributed by atoms with Crippen LogP contribution in [0.1, 0.15) is 25.3 Å². The van der Waals surface area contributed by atoms with Crippen molar-refractivity contribution in [2.75, 3.05) is 13.1 Å². The number of hydrogen-bond donors (Lipinski definition) is 0. The Hall–Kier alpha value is -1.82. The highest BCUT2D eigenvalue weighted by atomic mass is 32.2. The summed E-state index contributed by atoms with van der Waals surface area (Å²) in [6, 6.07) is 7.92. The molecule has 0 bridgehead atoms. The molecule has 0 radical (unpaired) electrons. The zero-order valence-corrected chi connectivity index (χ0v) is 13.6. The van der Waals surface area contributed by atoms with Gasteiger partial charge in [0.2, 0.25) is 11.8 Å². The maximum Gasteiger partial charge on any atom is 0.277 e. The van der Waals surface area contributed by atoms with Crippen molar-refractivity contribution in [2.45, 2.75) is 37.2 Å². The molecule has 1 fully saturated rings. The van der Waals surface area contributed by atoms with Crippen molar-refractivity contribution < 1.29 is 9.21 Å². The van der Waals surface area contributed by atoms with E-state index in [1.807, 2.05) is 43.0 Å². The molecule has 0 unspecified atom stereocenters. The molecule has 0 aliphatic carbocycles. The van der Waals surface area contributed by atoms with E-state index >= 15 is 0 Å². The molecule has 1 aromatic heterocycles. The molecule has 22 heavy (non-hydrogen) atoms. The summed E-state index contributed by atoms with van der Waals surface area (Å²) in [6.07, 6.45) is 2.20. The monoisotopic (exact) mass is 317 g/mol. The van der Waals surface area contributed by atoms with Gasteiger partial charge in [0.25, 0.3) is 5.22 Å². The molecule has 116 valence electrons. The second-order valence-electron chi connectivity index (χ2n) is 5.53. The average Bonchev–Trinajstić information content (AvgIpc) is 3.18. The van der Waals surface area contributed by atoms with Crippen LogP contribution in [0.5, 0.6) is 0 Å². The van der Waals surface area contributed by atoms with Crippen LogP contribution in [-0.4, -0.2) is 39.3 Å². The van der Waals surface area contributed by atoms with E-state index in [4.69, 9.17) is 4.42 Å². The van der Waals surface area contributed by atoms with Gasteiger partial charge in [-0.25, -0.2) is 0 Å². The minimum atomic E-state index is -0.204. The van der Waals surface area contributed by atoms with Crippen LogP contribution in [0.4, 0.5) is 0 Å². The van der Waals surface area contributed by atoms with Gasteiger partial charge in [-0.1, -0.05) is 29.5 Å². The number of carbonyl (C=O) groups excluding carboxylic acids is 1. The number of carbonyl (C=O) groups is 1. The number of aryl methyl sites for hydroxylation is 1. The summed E-state index contributed by atoms with van der Waals surface area (Å²) in [7, 11) is 0. The fourth-order valence-corrected chi connectivity index (χ4v) is 3.23. The van der Waals surface area contributed by atoms with E-state index in [9.17, 15) is 4.79 Å². The molecule has 2 aromatic rings. The lowest BCUT2D eigenvalue weighted by molar-refractivity contribution is -0.129. The van der Waals surface area contributed by atoms with E-state index in [1.54, 1.807) is 0 Å². The molecule has 1 aromatic carbocycles. The first kappa shape index (κ1) is 15.1. The van der Waals surface area contributed by atoms with Gasteiger partial charge in [-0.05, 0) is 38.8 Å². The van der Waals surface area contributed by atoms with E-state index in [1.165, 1.54) is 17.3 Å². The van der Waals surface area contributed by atoms with E-state index in [2.05, 4.69) is 10.2 Å². The molecule has 1 aliphatic heterocycles. The summed E-state index contributed by atoms with van der Waals surface area (Å²) in [5, 5.41) is 8.34. The maximum absolute atomic E-state index is 12.3. The summed E-state index contributed by atoms with van der Waals surface area (Å²) >= 11 is 1.33. The van der Waals surface area contributed by atoms with Gasteiger partial charge in [-0.2, -0.15) is 0 Å². The van der Waals surface area contributed by atoms with Gasteiger partial charge in [0, 0.05) is 18.7 Å². The number of aromatic nitrogens is 2. The second-order valence-corrected chi connectivity index (χ2v) is 6.82. The van der Waals surface area contributed by atoms with Crippen LogP contribution in [0.15, 0.2) is 33.9 Å². The fourth-order valence-electron chi connectivity index (χ4n) is 2.47. The third-order valence-electron chi connectivity index (χ3n) is 3.75. The molecule has 3 rings (SSSR count). The zero-order chi connectivity index (χ0) is 15.5. The SMILES string of the molecule is Cc1ccc(-c2nnc(S[C@@H](C)C(=O)N3CCCC3)o2)cc1. The highest BCUT2D eigenvalue weighted by Gasteiger charge is 2.25. The lowest BCUT2D eigenvalue weighted by atomic mass is 10.1. The Kier molecular flexibility index (Phi) is 4.47. The van der Waals surface area contributed by atoms with Crippen LogP contribution in [-0.2, 0) is 4.79 Å². The molecular formula is C16H19N3O2S. The van der Waals surface area contributed by atoms with Crippen LogP contribution < -0.4 is 0 Å². The topological polar surface area (TPSA) is 59.2 Å². The summed E-state index contributed by atoms with van der Waals surface area (Å²) in [5.41, 5.74) is 2.08. The van der Waals surface area contributed by atoms with Crippen LogP contribution in [0, 0.1) is 6.92 Å². The largest absolute Gasteiger partial charge is 0.411 e. The van der Waals surface area contributed by atoms with Gasteiger partial charge in [-0.15, -0.1) is 10.2 Å². The van der Waals surface area contributed by atoms with Gasteiger partial charge >= 0.3 is 0 Å². The van der Waals surface area contributed by atoms with E-state index < -0.39 is 0 Å². The Balaban J connectivity index is 1.66. The summed E-state index contributed by atoms with van der Waals surface area (Å²) in [5.74, 6) is 0.640. The molecule has 6 heteroatoms. The first-order valence-electron chi connectivity index (χ1n) is 7.49. The van der Waals surface area contributed by atoms with Crippen LogP contribution in [0.25, 0.3) is 11.5 Å². The van der Waals surface area contributed by atoms with Crippen molar-refractivity contribution in [3.8, 4) is 11.5 Å². The van der Waals surface area contributed by atoms with Gasteiger partial charge < -0.3 is 9.32 Å². The van der Waals surface area contributed by atoms with Crippen molar-refractivity contribution in [1.29, 1.82) is 0 Å². The van der Waals surface area contributed by atoms with Crippen LogP contribution in [0.3, 0.4) is 0 Å². The fraction of sp³-hybridized carbons (Fsp3) is 0.438. The molecule has 5 nitrogen and oxygen atoms in total. The molecule has 1 aliphatic rings. The van der Waals surface area contributed by atoms with Gasteiger partial charge in [0.15, 0.2) is 0 Å². The van der Waals surface area contributed by atoms with Crippen LogP contribution >= 0.6 is 11.8 Å². The number of hydrogen-bond acceptors (Lipinski definition) is 5. The lowest BCUT2D eigenvalue weighted by Gasteiger charge is -2.18. The van der Waals surface area contributed by atoms with Gasteiger partial charge in [0.1, 0.15) is 0 Å². The van der Waals surface area contributed by atoms with E-state index in [0.717, 1.165) is 31.5 Å². The Morgan fingerprint density at radius 3 is 2.59 bits per heavy atom. The van der Waals surface area contributed by atoms with Crippen molar-refractivity contribution in [3.63, 3.8) is 0 Å². The Morgan fingerprint density at radius 1 is 1.23 bits per heavy atom. The number of benzene rings is 1. The molecule has 1 saturated heterocycles. The molecule has 0 N–H and O–H groups in total. The maximum atomic E-state index is 12.3. The second kappa shape index (κ2) is 6.52.